The van der Waals surface area contributed by atoms with E-state index in [9.17, 15) is 0 Å². The third kappa shape index (κ3) is 6.09. The zero-order valence-electron chi connectivity index (χ0n) is 19.1. The number of guanidine groups is 1. The van der Waals surface area contributed by atoms with Crippen molar-refractivity contribution in [2.75, 3.05) is 66.6 Å². The van der Waals surface area contributed by atoms with Gasteiger partial charge in [0.2, 0.25) is 0 Å². The van der Waals surface area contributed by atoms with Gasteiger partial charge in [-0.1, -0.05) is 12.1 Å². The van der Waals surface area contributed by atoms with Crippen LogP contribution >= 0.6 is 0 Å². The van der Waals surface area contributed by atoms with Crippen molar-refractivity contribution in [1.82, 2.24) is 20.4 Å². The second-order valence-electron chi connectivity index (χ2n) is 8.75. The van der Waals surface area contributed by atoms with Crippen molar-refractivity contribution < 1.29 is 9.47 Å². The third-order valence-corrected chi connectivity index (χ3v) is 6.32. The van der Waals surface area contributed by atoms with Crippen LogP contribution < -0.4 is 15.4 Å². The van der Waals surface area contributed by atoms with E-state index in [2.05, 4.69) is 63.5 Å². The zero-order valence-corrected chi connectivity index (χ0v) is 19.1. The number of aliphatic imine (C=N–C) groups is 1. The van der Waals surface area contributed by atoms with Crippen molar-refractivity contribution in [2.45, 2.75) is 38.3 Å². The molecule has 0 amide bonds. The predicted octanol–water partition coefficient (Wildman–Crippen LogP) is 2.11. The van der Waals surface area contributed by atoms with Gasteiger partial charge >= 0.3 is 0 Å². The first-order chi connectivity index (χ1) is 14.5. The maximum atomic E-state index is 5.50. The van der Waals surface area contributed by atoms with Crippen molar-refractivity contribution in [3.63, 3.8) is 0 Å². The molecule has 2 saturated heterocycles. The zero-order chi connectivity index (χ0) is 21.4. The van der Waals surface area contributed by atoms with E-state index in [1.54, 1.807) is 7.11 Å². The van der Waals surface area contributed by atoms with E-state index in [4.69, 9.17) is 9.47 Å². The molecule has 0 spiro atoms. The monoisotopic (exact) mass is 417 g/mol. The molecule has 1 aromatic rings. The van der Waals surface area contributed by atoms with Crippen molar-refractivity contribution in [1.29, 1.82) is 0 Å². The van der Waals surface area contributed by atoms with Gasteiger partial charge in [0, 0.05) is 38.8 Å². The van der Waals surface area contributed by atoms with Crippen LogP contribution in [-0.2, 0) is 4.74 Å². The molecule has 0 aliphatic carbocycles. The Morgan fingerprint density at radius 1 is 1.10 bits per heavy atom. The molecule has 168 valence electrons. The molecule has 1 atom stereocenters. The van der Waals surface area contributed by atoms with Gasteiger partial charge in [-0.05, 0) is 57.5 Å². The Morgan fingerprint density at radius 2 is 1.77 bits per heavy atom. The smallest absolute Gasteiger partial charge is 0.191 e. The average Bonchev–Trinajstić information content (AvgIpc) is 3.31. The van der Waals surface area contributed by atoms with E-state index in [0.717, 1.165) is 64.2 Å². The van der Waals surface area contributed by atoms with Crippen LogP contribution in [0.2, 0.25) is 0 Å². The van der Waals surface area contributed by atoms with Crippen molar-refractivity contribution in [3.05, 3.63) is 29.8 Å². The lowest BCUT2D eigenvalue weighted by atomic mass is 10.0. The molecule has 1 unspecified atom stereocenters. The van der Waals surface area contributed by atoms with Crippen LogP contribution in [0.5, 0.6) is 5.75 Å². The Balaban J connectivity index is 1.58. The highest BCUT2D eigenvalue weighted by Crippen LogP contribution is 2.26. The lowest BCUT2D eigenvalue weighted by Crippen LogP contribution is -2.56. The Bertz CT molecular complexity index is 665. The quantitative estimate of drug-likeness (QED) is 0.499. The van der Waals surface area contributed by atoms with Crippen LogP contribution in [0.1, 0.15) is 38.3 Å². The Morgan fingerprint density at radius 3 is 2.37 bits per heavy atom. The van der Waals surface area contributed by atoms with Gasteiger partial charge in [-0.25, -0.2) is 0 Å². The summed E-state index contributed by atoms with van der Waals surface area (Å²) in [5.41, 5.74) is 1.36. The van der Waals surface area contributed by atoms with Crippen LogP contribution in [0.15, 0.2) is 29.3 Å². The summed E-state index contributed by atoms with van der Waals surface area (Å²) < 4.78 is 10.8. The van der Waals surface area contributed by atoms with Gasteiger partial charge in [-0.15, -0.1) is 0 Å². The maximum Gasteiger partial charge on any atom is 0.191 e. The minimum Gasteiger partial charge on any atom is -0.497 e. The van der Waals surface area contributed by atoms with Gasteiger partial charge in [0.15, 0.2) is 5.96 Å². The lowest BCUT2D eigenvalue weighted by Gasteiger charge is -2.41. The largest absolute Gasteiger partial charge is 0.497 e. The summed E-state index contributed by atoms with van der Waals surface area (Å²) in [6, 6.07) is 8.79. The molecule has 7 heteroatoms. The average molecular weight is 418 g/mol. The highest BCUT2D eigenvalue weighted by Gasteiger charge is 2.29. The number of hydrogen-bond acceptors (Lipinski definition) is 5. The molecule has 2 fully saturated rings. The number of likely N-dealkylation sites (tertiary alicyclic amines) is 1. The van der Waals surface area contributed by atoms with Crippen LogP contribution in [-0.4, -0.2) is 87.9 Å². The van der Waals surface area contributed by atoms with Crippen molar-refractivity contribution in [2.24, 2.45) is 4.99 Å². The lowest BCUT2D eigenvalue weighted by molar-refractivity contribution is -0.00834. The van der Waals surface area contributed by atoms with Crippen LogP contribution in [0, 0.1) is 0 Å². The maximum absolute atomic E-state index is 5.50. The SMILES string of the molecule is CN=C(NCC(c1ccc(OC)cc1)N1CCCC1)NCC(C)(C)N1CCOCC1. The minimum atomic E-state index is 0.0474. The number of nitrogens with one attached hydrogen (secondary N) is 2. The van der Waals surface area contributed by atoms with Crippen LogP contribution in [0.4, 0.5) is 0 Å². The molecule has 7 nitrogen and oxygen atoms in total. The van der Waals surface area contributed by atoms with E-state index >= 15 is 0 Å². The van der Waals surface area contributed by atoms with Gasteiger partial charge in [-0.2, -0.15) is 0 Å². The fourth-order valence-corrected chi connectivity index (χ4v) is 4.33. The number of ether oxygens (including phenoxy) is 2. The molecule has 0 aromatic heterocycles. The van der Waals surface area contributed by atoms with Gasteiger partial charge in [0.1, 0.15) is 5.75 Å². The third-order valence-electron chi connectivity index (χ3n) is 6.32. The first kappa shape index (κ1) is 22.8. The number of methoxy groups -OCH3 is 1. The summed E-state index contributed by atoms with van der Waals surface area (Å²) in [4.78, 5) is 9.53. The Labute approximate surface area is 181 Å². The Hall–Kier alpha value is -1.83. The van der Waals surface area contributed by atoms with E-state index in [-0.39, 0.29) is 5.54 Å². The standard InChI is InChI=1S/C23H39N5O2/c1-23(2,28-13-15-30-16-14-28)18-26-22(24-3)25-17-21(27-11-5-6-12-27)19-7-9-20(29-4)10-8-19/h7-10,21H,5-6,11-18H2,1-4H3,(H2,24,25,26). The van der Waals surface area contributed by atoms with Gasteiger partial charge in [0.05, 0.1) is 26.4 Å². The van der Waals surface area contributed by atoms with Crippen molar-refractivity contribution in [3.8, 4) is 5.75 Å². The van der Waals surface area contributed by atoms with E-state index in [1.807, 2.05) is 7.05 Å². The highest BCUT2D eigenvalue weighted by molar-refractivity contribution is 5.79. The normalized spacial score (nSPS) is 20.2. The molecule has 2 aliphatic rings. The van der Waals surface area contributed by atoms with Gasteiger partial charge in [0.25, 0.3) is 0 Å². The second kappa shape index (κ2) is 11.0. The number of rotatable bonds is 8. The highest BCUT2D eigenvalue weighted by atomic mass is 16.5. The molecule has 30 heavy (non-hydrogen) atoms. The fraction of sp³-hybridized carbons (Fsp3) is 0.696. The first-order valence-electron chi connectivity index (χ1n) is 11.2. The minimum absolute atomic E-state index is 0.0474. The molecule has 3 rings (SSSR count). The van der Waals surface area contributed by atoms with E-state index in [1.165, 1.54) is 18.4 Å². The van der Waals surface area contributed by atoms with Crippen molar-refractivity contribution >= 4 is 5.96 Å². The molecule has 2 aliphatic heterocycles. The molecule has 1 aromatic carbocycles. The number of hydrogen-bond donors (Lipinski definition) is 2. The molecular formula is C23H39N5O2. The fourth-order valence-electron chi connectivity index (χ4n) is 4.33. The summed E-state index contributed by atoms with van der Waals surface area (Å²) in [6.45, 7) is 12.1. The summed E-state index contributed by atoms with van der Waals surface area (Å²) in [6.07, 6.45) is 2.54. The molecule has 2 N–H and O–H groups in total. The van der Waals surface area contributed by atoms with E-state index < -0.39 is 0 Å². The molecule has 0 bridgehead atoms. The summed E-state index contributed by atoms with van der Waals surface area (Å²) in [7, 11) is 3.55. The molecular weight excluding hydrogens is 378 g/mol. The number of benzene rings is 1. The molecule has 2 heterocycles. The Kier molecular flexibility index (Phi) is 8.36. The summed E-state index contributed by atoms with van der Waals surface area (Å²) in [5, 5.41) is 7.11. The molecule has 0 saturated carbocycles. The first-order valence-corrected chi connectivity index (χ1v) is 11.2. The van der Waals surface area contributed by atoms with Crippen LogP contribution in [0.3, 0.4) is 0 Å². The topological polar surface area (TPSA) is 61.4 Å². The summed E-state index contributed by atoms with van der Waals surface area (Å²) >= 11 is 0. The summed E-state index contributed by atoms with van der Waals surface area (Å²) in [5.74, 6) is 1.75. The number of nitrogens with zero attached hydrogens (tertiary/aromatic N) is 3. The van der Waals surface area contributed by atoms with Gasteiger partial charge < -0.3 is 20.1 Å². The van der Waals surface area contributed by atoms with Gasteiger partial charge in [-0.3, -0.25) is 14.8 Å². The van der Waals surface area contributed by atoms with E-state index in [0.29, 0.717) is 6.04 Å². The predicted molar refractivity (Wildman–Crippen MR) is 122 cm³/mol. The second-order valence-corrected chi connectivity index (χ2v) is 8.75. The molecule has 0 radical (unpaired) electrons. The number of morpholine rings is 1. The van der Waals surface area contributed by atoms with Crippen LogP contribution in [0.25, 0.3) is 0 Å².